The monoisotopic (exact) mass is 427 g/mol. The van der Waals surface area contributed by atoms with Crippen molar-refractivity contribution < 1.29 is 9.53 Å². The van der Waals surface area contributed by atoms with Crippen molar-refractivity contribution in [3.63, 3.8) is 0 Å². The Morgan fingerprint density at radius 3 is 2.81 bits per heavy atom. The largest absolute Gasteiger partial charge is 0.494 e. The fraction of sp³-hybridized carbons (Fsp3) is 0.583. The molecule has 1 aliphatic rings. The molecular weight excluding hydrogens is 390 g/mol. The summed E-state index contributed by atoms with van der Waals surface area (Å²) in [7, 11) is 0. The van der Waals surface area contributed by atoms with E-state index < -0.39 is 0 Å². The van der Waals surface area contributed by atoms with Gasteiger partial charge in [0.2, 0.25) is 0 Å². The van der Waals surface area contributed by atoms with Gasteiger partial charge < -0.3 is 15.0 Å². The summed E-state index contributed by atoms with van der Waals surface area (Å²) in [6.07, 6.45) is 8.32. The third-order valence-corrected chi connectivity index (χ3v) is 5.63. The maximum absolute atomic E-state index is 12.9. The van der Waals surface area contributed by atoms with Gasteiger partial charge in [-0.3, -0.25) is 9.58 Å². The zero-order valence-corrected chi connectivity index (χ0v) is 19.3. The quantitative estimate of drug-likeness (QED) is 0.598. The van der Waals surface area contributed by atoms with E-state index in [1.807, 2.05) is 40.9 Å². The predicted octanol–water partition coefficient (Wildman–Crippen LogP) is 4.52. The Kier molecular flexibility index (Phi) is 8.76. The van der Waals surface area contributed by atoms with Crippen LogP contribution in [0.3, 0.4) is 0 Å². The minimum Gasteiger partial charge on any atom is -0.494 e. The molecule has 0 aliphatic carbocycles. The molecule has 1 N–H and O–H groups in total. The SMILES string of the molecule is CCCCOc1ccc(NC(=O)N2CCCN(Cc3cnn(CCC)c3)CC2)c(C)c1. The molecule has 2 aromatic rings. The first-order valence-electron chi connectivity index (χ1n) is 11.6. The van der Waals surface area contributed by atoms with Crippen molar-refractivity contribution in [2.24, 2.45) is 0 Å². The Bertz CT molecular complexity index is 835. The van der Waals surface area contributed by atoms with Crippen LogP contribution in [0.2, 0.25) is 0 Å². The molecule has 2 amide bonds. The second kappa shape index (κ2) is 11.7. The molecule has 7 nitrogen and oxygen atoms in total. The average molecular weight is 428 g/mol. The van der Waals surface area contributed by atoms with Crippen LogP contribution in [-0.2, 0) is 13.1 Å². The number of amides is 2. The summed E-state index contributed by atoms with van der Waals surface area (Å²) in [6, 6.07) is 5.84. The molecule has 3 rings (SSSR count). The van der Waals surface area contributed by atoms with Crippen molar-refractivity contribution >= 4 is 11.7 Å². The number of hydrogen-bond acceptors (Lipinski definition) is 4. The van der Waals surface area contributed by atoms with Crippen LogP contribution < -0.4 is 10.1 Å². The molecule has 0 atom stereocenters. The molecule has 1 fully saturated rings. The molecule has 1 saturated heterocycles. The van der Waals surface area contributed by atoms with Crippen molar-refractivity contribution in [2.45, 2.75) is 59.5 Å². The first kappa shape index (κ1) is 23.1. The average Bonchev–Trinajstić information content (AvgIpc) is 3.05. The van der Waals surface area contributed by atoms with Crippen LogP contribution in [0.5, 0.6) is 5.75 Å². The highest BCUT2D eigenvalue weighted by molar-refractivity contribution is 5.90. The number of hydrogen-bond donors (Lipinski definition) is 1. The standard InChI is InChI=1S/C24H37N5O2/c1-4-6-15-31-22-8-9-23(20(3)16-22)26-24(30)28-12-7-11-27(13-14-28)18-21-17-25-29(19-21)10-5-2/h8-9,16-17,19H,4-7,10-15,18H2,1-3H3,(H,26,30). The van der Waals surface area contributed by atoms with Crippen molar-refractivity contribution in [3.05, 3.63) is 41.7 Å². The maximum atomic E-state index is 12.9. The van der Waals surface area contributed by atoms with Crippen LogP contribution in [0.1, 0.15) is 50.7 Å². The molecule has 0 spiro atoms. The zero-order chi connectivity index (χ0) is 22.1. The van der Waals surface area contributed by atoms with E-state index in [9.17, 15) is 4.79 Å². The van der Waals surface area contributed by atoms with Gasteiger partial charge in [0.1, 0.15) is 5.75 Å². The van der Waals surface area contributed by atoms with Gasteiger partial charge in [-0.15, -0.1) is 0 Å². The summed E-state index contributed by atoms with van der Waals surface area (Å²) in [5.41, 5.74) is 3.10. The van der Waals surface area contributed by atoms with Crippen LogP contribution in [0.25, 0.3) is 0 Å². The summed E-state index contributed by atoms with van der Waals surface area (Å²) in [5, 5.41) is 7.51. The summed E-state index contributed by atoms with van der Waals surface area (Å²) < 4.78 is 7.77. The highest BCUT2D eigenvalue weighted by Gasteiger charge is 2.20. The van der Waals surface area contributed by atoms with E-state index in [0.717, 1.165) is 88.6 Å². The van der Waals surface area contributed by atoms with E-state index in [-0.39, 0.29) is 6.03 Å². The van der Waals surface area contributed by atoms with Gasteiger partial charge in [-0.05, 0) is 49.9 Å². The van der Waals surface area contributed by atoms with Crippen LogP contribution in [0, 0.1) is 6.92 Å². The van der Waals surface area contributed by atoms with E-state index in [4.69, 9.17) is 4.74 Å². The molecule has 0 bridgehead atoms. The number of nitrogens with zero attached hydrogens (tertiary/aromatic N) is 4. The number of anilines is 1. The molecule has 1 aliphatic heterocycles. The minimum absolute atomic E-state index is 0.0274. The van der Waals surface area contributed by atoms with Gasteiger partial charge in [-0.2, -0.15) is 5.10 Å². The summed E-state index contributed by atoms with van der Waals surface area (Å²) in [4.78, 5) is 17.2. The summed E-state index contributed by atoms with van der Waals surface area (Å²) in [5.74, 6) is 0.858. The molecule has 0 saturated carbocycles. The first-order valence-corrected chi connectivity index (χ1v) is 11.6. The van der Waals surface area contributed by atoms with Gasteiger partial charge >= 0.3 is 6.03 Å². The fourth-order valence-electron chi connectivity index (χ4n) is 3.82. The van der Waals surface area contributed by atoms with Crippen molar-refractivity contribution in [1.82, 2.24) is 19.6 Å². The maximum Gasteiger partial charge on any atom is 0.321 e. The number of rotatable bonds is 9. The van der Waals surface area contributed by atoms with Gasteiger partial charge in [0.15, 0.2) is 0 Å². The summed E-state index contributed by atoms with van der Waals surface area (Å²) >= 11 is 0. The topological polar surface area (TPSA) is 62.6 Å². The number of nitrogens with one attached hydrogen (secondary N) is 1. The Labute approximate surface area is 186 Å². The summed E-state index contributed by atoms with van der Waals surface area (Å²) in [6.45, 7) is 12.2. The number of carbonyl (C=O) groups excluding carboxylic acids is 1. The number of ether oxygens (including phenoxy) is 1. The van der Waals surface area contributed by atoms with Gasteiger partial charge in [-0.25, -0.2) is 4.79 Å². The number of benzene rings is 1. The molecule has 31 heavy (non-hydrogen) atoms. The number of unbranched alkanes of at least 4 members (excludes halogenated alkanes) is 1. The van der Waals surface area contributed by atoms with E-state index >= 15 is 0 Å². The van der Waals surface area contributed by atoms with Gasteiger partial charge in [0, 0.05) is 56.7 Å². The molecule has 7 heteroatoms. The number of aryl methyl sites for hydroxylation is 2. The van der Waals surface area contributed by atoms with Gasteiger partial charge in [0.05, 0.1) is 12.8 Å². The van der Waals surface area contributed by atoms with E-state index in [1.54, 1.807) is 0 Å². The van der Waals surface area contributed by atoms with Crippen LogP contribution >= 0.6 is 0 Å². The van der Waals surface area contributed by atoms with Crippen LogP contribution in [0.4, 0.5) is 10.5 Å². The van der Waals surface area contributed by atoms with Gasteiger partial charge in [0.25, 0.3) is 0 Å². The third-order valence-electron chi connectivity index (χ3n) is 5.63. The number of aromatic nitrogens is 2. The second-order valence-electron chi connectivity index (χ2n) is 8.34. The Morgan fingerprint density at radius 2 is 2.03 bits per heavy atom. The Morgan fingerprint density at radius 1 is 1.16 bits per heavy atom. The smallest absolute Gasteiger partial charge is 0.321 e. The zero-order valence-electron chi connectivity index (χ0n) is 19.3. The highest BCUT2D eigenvalue weighted by atomic mass is 16.5. The third kappa shape index (κ3) is 6.99. The number of carbonyl (C=O) groups is 1. The Balaban J connectivity index is 1.49. The van der Waals surface area contributed by atoms with Gasteiger partial charge in [-0.1, -0.05) is 20.3 Å². The lowest BCUT2D eigenvalue weighted by Gasteiger charge is -2.22. The normalized spacial score (nSPS) is 15.0. The molecular formula is C24H37N5O2. The predicted molar refractivity (Wildman–Crippen MR) is 125 cm³/mol. The van der Waals surface area contributed by atoms with Crippen LogP contribution in [0.15, 0.2) is 30.6 Å². The van der Waals surface area contributed by atoms with Crippen molar-refractivity contribution in [2.75, 3.05) is 38.1 Å². The molecule has 1 aromatic carbocycles. The lowest BCUT2D eigenvalue weighted by Crippen LogP contribution is -2.38. The molecule has 0 radical (unpaired) electrons. The van der Waals surface area contributed by atoms with E-state index in [2.05, 4.69) is 35.4 Å². The van der Waals surface area contributed by atoms with Crippen molar-refractivity contribution in [3.8, 4) is 5.75 Å². The lowest BCUT2D eigenvalue weighted by atomic mass is 10.2. The van der Waals surface area contributed by atoms with Crippen molar-refractivity contribution in [1.29, 1.82) is 0 Å². The second-order valence-corrected chi connectivity index (χ2v) is 8.34. The van der Waals surface area contributed by atoms with E-state index in [1.165, 1.54) is 5.56 Å². The Hall–Kier alpha value is -2.54. The van der Waals surface area contributed by atoms with E-state index in [0.29, 0.717) is 0 Å². The molecule has 2 heterocycles. The fourth-order valence-corrected chi connectivity index (χ4v) is 3.82. The molecule has 170 valence electrons. The molecule has 1 aromatic heterocycles. The molecule has 0 unspecified atom stereocenters. The van der Waals surface area contributed by atoms with Crippen LogP contribution in [-0.4, -0.2) is 58.4 Å². The first-order chi connectivity index (χ1) is 15.1. The number of urea groups is 1. The highest BCUT2D eigenvalue weighted by Crippen LogP contribution is 2.22. The lowest BCUT2D eigenvalue weighted by molar-refractivity contribution is 0.211. The minimum atomic E-state index is -0.0274.